The van der Waals surface area contributed by atoms with Crippen LogP contribution in [0.4, 0.5) is 0 Å². The molecule has 0 bridgehead atoms. The lowest BCUT2D eigenvalue weighted by atomic mass is 10.2. The topological polar surface area (TPSA) is 78.6 Å². The molecular weight excluding hydrogens is 352 g/mol. The number of nitrogens with zero attached hydrogens (tertiary/aromatic N) is 4. The first-order valence-electron chi connectivity index (χ1n) is 10.1. The Balaban J connectivity index is 1.44. The molecule has 152 valence electrons. The molecule has 2 heterocycles. The lowest BCUT2D eigenvalue weighted by Gasteiger charge is -2.21. The van der Waals surface area contributed by atoms with Crippen LogP contribution in [0.3, 0.4) is 0 Å². The van der Waals surface area contributed by atoms with Crippen molar-refractivity contribution in [2.75, 3.05) is 20.1 Å². The van der Waals surface area contributed by atoms with E-state index in [-0.39, 0.29) is 5.92 Å². The van der Waals surface area contributed by atoms with Crippen molar-refractivity contribution in [1.29, 1.82) is 0 Å². The van der Waals surface area contributed by atoms with Gasteiger partial charge in [0.15, 0.2) is 11.8 Å². The molecular formula is C21H32N6O. The molecule has 1 aliphatic rings. The molecule has 0 aliphatic carbocycles. The molecule has 1 fully saturated rings. The van der Waals surface area contributed by atoms with E-state index in [0.29, 0.717) is 30.9 Å². The molecule has 1 aliphatic heterocycles. The monoisotopic (exact) mass is 384 g/mol. The summed E-state index contributed by atoms with van der Waals surface area (Å²) in [4.78, 5) is 11.3. The molecule has 28 heavy (non-hydrogen) atoms. The number of hydrogen-bond acceptors (Lipinski definition) is 5. The Labute approximate surface area is 167 Å². The molecule has 1 aromatic carbocycles. The zero-order valence-electron chi connectivity index (χ0n) is 17.4. The highest BCUT2D eigenvalue weighted by atomic mass is 16.5. The molecule has 2 aromatic rings. The molecule has 3 rings (SSSR count). The van der Waals surface area contributed by atoms with Gasteiger partial charge in [-0.3, -0.25) is 9.89 Å². The largest absolute Gasteiger partial charge is 0.356 e. The summed E-state index contributed by atoms with van der Waals surface area (Å²) in [5, 5.41) is 10.9. The van der Waals surface area contributed by atoms with E-state index in [1.54, 1.807) is 7.05 Å². The van der Waals surface area contributed by atoms with Crippen LogP contribution in [0.15, 0.2) is 39.8 Å². The Morgan fingerprint density at radius 3 is 2.79 bits per heavy atom. The fourth-order valence-electron chi connectivity index (χ4n) is 3.52. The molecule has 7 nitrogen and oxygen atoms in total. The van der Waals surface area contributed by atoms with Crippen molar-refractivity contribution in [3.63, 3.8) is 0 Å². The third-order valence-corrected chi connectivity index (χ3v) is 5.13. The second kappa shape index (κ2) is 9.68. The Bertz CT molecular complexity index is 757. The Hall–Kier alpha value is -2.41. The van der Waals surface area contributed by atoms with Gasteiger partial charge in [-0.2, -0.15) is 4.98 Å². The molecule has 1 aromatic heterocycles. The van der Waals surface area contributed by atoms with Crippen molar-refractivity contribution >= 4 is 5.96 Å². The van der Waals surface area contributed by atoms with Crippen molar-refractivity contribution in [2.24, 2.45) is 4.99 Å². The van der Waals surface area contributed by atoms with E-state index in [9.17, 15) is 0 Å². The van der Waals surface area contributed by atoms with E-state index in [4.69, 9.17) is 4.52 Å². The quantitative estimate of drug-likeness (QED) is 0.564. The van der Waals surface area contributed by atoms with Gasteiger partial charge in [-0.15, -0.1) is 0 Å². The minimum absolute atomic E-state index is 0.281. The van der Waals surface area contributed by atoms with Gasteiger partial charge < -0.3 is 15.2 Å². The third kappa shape index (κ3) is 5.55. The molecule has 2 N–H and O–H groups in total. The number of likely N-dealkylation sites (tertiary alicyclic amines) is 1. The molecule has 0 spiro atoms. The zero-order valence-corrected chi connectivity index (χ0v) is 17.4. The van der Waals surface area contributed by atoms with Crippen LogP contribution < -0.4 is 10.6 Å². The van der Waals surface area contributed by atoms with Gasteiger partial charge in [-0.05, 0) is 18.9 Å². The highest BCUT2D eigenvalue weighted by Crippen LogP contribution is 2.20. The summed E-state index contributed by atoms with van der Waals surface area (Å²) in [6.45, 7) is 9.11. The minimum atomic E-state index is 0.281. The van der Waals surface area contributed by atoms with Gasteiger partial charge in [0, 0.05) is 51.1 Å². The van der Waals surface area contributed by atoms with E-state index in [2.05, 4.69) is 81.8 Å². The van der Waals surface area contributed by atoms with Crippen LogP contribution in [0.2, 0.25) is 0 Å². The van der Waals surface area contributed by atoms with Crippen LogP contribution in [-0.4, -0.2) is 53.2 Å². The van der Waals surface area contributed by atoms with Crippen LogP contribution in [0.5, 0.6) is 0 Å². The van der Waals surface area contributed by atoms with Gasteiger partial charge in [-0.1, -0.05) is 49.3 Å². The average molecular weight is 385 g/mol. The molecule has 7 heteroatoms. The fourth-order valence-corrected chi connectivity index (χ4v) is 3.52. The predicted octanol–water partition coefficient (Wildman–Crippen LogP) is 2.56. The maximum atomic E-state index is 5.29. The van der Waals surface area contributed by atoms with E-state index in [1.165, 1.54) is 5.56 Å². The lowest BCUT2D eigenvalue weighted by Crippen LogP contribution is -2.45. The van der Waals surface area contributed by atoms with Crippen molar-refractivity contribution < 1.29 is 4.52 Å². The first kappa shape index (κ1) is 20.3. The molecule has 0 radical (unpaired) electrons. The van der Waals surface area contributed by atoms with Crippen LogP contribution in [0.25, 0.3) is 0 Å². The Morgan fingerprint density at radius 1 is 1.32 bits per heavy atom. The number of nitrogens with one attached hydrogen (secondary N) is 2. The summed E-state index contributed by atoms with van der Waals surface area (Å²) in [6.07, 6.45) is 1.79. The number of aromatic nitrogens is 2. The van der Waals surface area contributed by atoms with Gasteiger partial charge in [0.1, 0.15) is 0 Å². The van der Waals surface area contributed by atoms with Crippen LogP contribution >= 0.6 is 0 Å². The Kier molecular flexibility index (Phi) is 7.03. The molecule has 0 saturated carbocycles. The predicted molar refractivity (Wildman–Crippen MR) is 111 cm³/mol. The smallest absolute Gasteiger partial charge is 0.228 e. The van der Waals surface area contributed by atoms with Crippen LogP contribution in [-0.2, 0) is 13.0 Å². The number of rotatable bonds is 7. The van der Waals surface area contributed by atoms with Gasteiger partial charge in [-0.25, -0.2) is 0 Å². The SMILES string of the molecule is CN=C(NCCc1nc(C(C)C)no1)NC1CC(C)N(Cc2ccccc2)C1. The highest BCUT2D eigenvalue weighted by Gasteiger charge is 2.29. The second-order valence-electron chi connectivity index (χ2n) is 7.79. The summed E-state index contributed by atoms with van der Waals surface area (Å²) >= 11 is 0. The average Bonchev–Trinajstić information content (AvgIpc) is 3.29. The van der Waals surface area contributed by atoms with Crippen molar-refractivity contribution in [2.45, 2.75) is 58.2 Å². The summed E-state index contributed by atoms with van der Waals surface area (Å²) in [5.41, 5.74) is 1.36. The van der Waals surface area contributed by atoms with Crippen molar-refractivity contribution in [1.82, 2.24) is 25.7 Å². The summed E-state index contributed by atoms with van der Waals surface area (Å²) < 4.78 is 5.29. The molecule has 0 amide bonds. The van der Waals surface area contributed by atoms with Gasteiger partial charge >= 0.3 is 0 Å². The second-order valence-corrected chi connectivity index (χ2v) is 7.79. The number of guanidine groups is 1. The summed E-state index contributed by atoms with van der Waals surface area (Å²) in [6, 6.07) is 11.6. The number of benzene rings is 1. The zero-order chi connectivity index (χ0) is 19.9. The first-order chi connectivity index (χ1) is 13.5. The summed E-state index contributed by atoms with van der Waals surface area (Å²) in [5.74, 6) is 2.52. The molecule has 2 atom stereocenters. The van der Waals surface area contributed by atoms with E-state index in [1.807, 2.05) is 0 Å². The Morgan fingerprint density at radius 2 is 2.11 bits per heavy atom. The van der Waals surface area contributed by atoms with Gasteiger partial charge in [0.05, 0.1) is 0 Å². The van der Waals surface area contributed by atoms with Crippen LogP contribution in [0.1, 0.15) is 50.4 Å². The van der Waals surface area contributed by atoms with E-state index in [0.717, 1.165) is 31.3 Å². The van der Waals surface area contributed by atoms with Gasteiger partial charge in [0.2, 0.25) is 5.89 Å². The van der Waals surface area contributed by atoms with Gasteiger partial charge in [0.25, 0.3) is 0 Å². The highest BCUT2D eigenvalue weighted by molar-refractivity contribution is 5.80. The number of aliphatic imine (C=N–C) groups is 1. The standard InChI is InChI=1S/C21H32N6O/c1-15(2)20-25-19(28-26-20)10-11-23-21(22-4)24-18-12-16(3)27(14-18)13-17-8-6-5-7-9-17/h5-9,15-16,18H,10-14H2,1-4H3,(H2,22,23,24). The van der Waals surface area contributed by atoms with Crippen LogP contribution in [0, 0.1) is 0 Å². The maximum Gasteiger partial charge on any atom is 0.228 e. The van der Waals surface area contributed by atoms with Crippen molar-refractivity contribution in [3.05, 3.63) is 47.6 Å². The van der Waals surface area contributed by atoms with E-state index < -0.39 is 0 Å². The van der Waals surface area contributed by atoms with Crippen molar-refractivity contribution in [3.8, 4) is 0 Å². The summed E-state index contributed by atoms with van der Waals surface area (Å²) in [7, 11) is 1.80. The molecule has 1 saturated heterocycles. The van der Waals surface area contributed by atoms with E-state index >= 15 is 0 Å². The fraction of sp³-hybridized carbons (Fsp3) is 0.571. The maximum absolute atomic E-state index is 5.29. The first-order valence-corrected chi connectivity index (χ1v) is 10.1. The number of hydrogen-bond donors (Lipinski definition) is 2. The normalized spacial score (nSPS) is 20.7. The minimum Gasteiger partial charge on any atom is -0.356 e. The molecule has 2 unspecified atom stereocenters. The lowest BCUT2D eigenvalue weighted by molar-refractivity contribution is 0.258. The third-order valence-electron chi connectivity index (χ3n) is 5.13.